The Kier molecular flexibility index (Phi) is 4.88. The first-order valence-electron chi connectivity index (χ1n) is 8.03. The minimum atomic E-state index is -4.69. The van der Waals surface area contributed by atoms with Crippen molar-refractivity contribution in [1.29, 1.82) is 5.26 Å². The SMILES string of the molecule is CC1(C)CCCC(C)(C(=O)Nc2ccc(C#N)c(C(F)(F)F)c2)C1O. The Hall–Kier alpha value is -2.07. The van der Waals surface area contributed by atoms with Crippen LogP contribution >= 0.6 is 0 Å². The normalized spacial score (nSPS) is 25.9. The van der Waals surface area contributed by atoms with Gasteiger partial charge in [-0.25, -0.2) is 0 Å². The first-order chi connectivity index (χ1) is 11.4. The van der Waals surface area contributed by atoms with E-state index in [-0.39, 0.29) is 5.69 Å². The van der Waals surface area contributed by atoms with E-state index in [0.717, 1.165) is 25.0 Å². The Balaban J connectivity index is 2.31. The molecule has 0 radical (unpaired) electrons. The second-order valence-corrected chi connectivity index (χ2v) is 7.49. The molecule has 136 valence electrons. The number of carbonyl (C=O) groups excluding carboxylic acids is 1. The van der Waals surface area contributed by atoms with Crippen molar-refractivity contribution in [3.8, 4) is 6.07 Å². The van der Waals surface area contributed by atoms with Crippen LogP contribution in [-0.4, -0.2) is 17.1 Å². The molecule has 0 spiro atoms. The summed E-state index contributed by atoms with van der Waals surface area (Å²) in [6.07, 6.45) is -3.64. The van der Waals surface area contributed by atoms with E-state index in [4.69, 9.17) is 5.26 Å². The van der Waals surface area contributed by atoms with Gasteiger partial charge in [0.25, 0.3) is 0 Å². The molecule has 0 heterocycles. The summed E-state index contributed by atoms with van der Waals surface area (Å²) in [7, 11) is 0. The van der Waals surface area contributed by atoms with Crippen molar-refractivity contribution in [3.63, 3.8) is 0 Å². The monoisotopic (exact) mass is 354 g/mol. The summed E-state index contributed by atoms with van der Waals surface area (Å²) in [5.74, 6) is -0.523. The van der Waals surface area contributed by atoms with Crippen LogP contribution < -0.4 is 5.32 Å². The molecule has 1 aliphatic rings. The van der Waals surface area contributed by atoms with Crippen LogP contribution in [0.5, 0.6) is 0 Å². The molecule has 0 aromatic heterocycles. The Morgan fingerprint density at radius 1 is 1.32 bits per heavy atom. The Morgan fingerprint density at radius 3 is 2.52 bits per heavy atom. The number of rotatable bonds is 2. The van der Waals surface area contributed by atoms with Gasteiger partial charge in [0.2, 0.25) is 5.91 Å². The largest absolute Gasteiger partial charge is 0.417 e. The van der Waals surface area contributed by atoms with Crippen LogP contribution in [0.3, 0.4) is 0 Å². The maximum atomic E-state index is 13.0. The molecule has 1 amide bonds. The summed E-state index contributed by atoms with van der Waals surface area (Å²) < 4.78 is 39.1. The Bertz CT molecular complexity index is 722. The van der Waals surface area contributed by atoms with Crippen molar-refractivity contribution in [3.05, 3.63) is 29.3 Å². The number of aliphatic hydroxyl groups is 1. The van der Waals surface area contributed by atoms with Crippen molar-refractivity contribution < 1.29 is 23.1 Å². The van der Waals surface area contributed by atoms with Crippen molar-refractivity contribution >= 4 is 11.6 Å². The van der Waals surface area contributed by atoms with Gasteiger partial charge < -0.3 is 10.4 Å². The van der Waals surface area contributed by atoms with Gasteiger partial charge in [0, 0.05) is 5.69 Å². The molecular formula is C18H21F3N2O2. The van der Waals surface area contributed by atoms with Crippen LogP contribution in [0, 0.1) is 22.2 Å². The van der Waals surface area contributed by atoms with Crippen LogP contribution in [0.25, 0.3) is 0 Å². The number of hydrogen-bond acceptors (Lipinski definition) is 3. The van der Waals surface area contributed by atoms with E-state index >= 15 is 0 Å². The molecule has 1 saturated carbocycles. The summed E-state index contributed by atoms with van der Waals surface area (Å²) in [6, 6.07) is 4.54. The number of nitriles is 1. The number of amides is 1. The second kappa shape index (κ2) is 6.34. The lowest BCUT2D eigenvalue weighted by Crippen LogP contribution is -2.52. The molecule has 2 unspecified atom stereocenters. The molecule has 1 aliphatic carbocycles. The molecule has 4 nitrogen and oxygen atoms in total. The number of aliphatic hydroxyl groups excluding tert-OH is 1. The fourth-order valence-corrected chi connectivity index (χ4v) is 3.51. The lowest BCUT2D eigenvalue weighted by Gasteiger charge is -2.46. The number of nitrogens with one attached hydrogen (secondary N) is 1. The third-order valence-electron chi connectivity index (χ3n) is 5.08. The molecular weight excluding hydrogens is 333 g/mol. The van der Waals surface area contributed by atoms with Crippen LogP contribution in [-0.2, 0) is 11.0 Å². The van der Waals surface area contributed by atoms with Gasteiger partial charge in [0.1, 0.15) is 0 Å². The molecule has 1 aromatic carbocycles. The van der Waals surface area contributed by atoms with Gasteiger partial charge in [0.15, 0.2) is 0 Å². The van der Waals surface area contributed by atoms with Crippen molar-refractivity contribution in [2.24, 2.45) is 10.8 Å². The van der Waals surface area contributed by atoms with Gasteiger partial charge in [-0.05, 0) is 43.4 Å². The predicted octanol–water partition coefficient (Wildman–Crippen LogP) is 4.09. The van der Waals surface area contributed by atoms with Crippen LogP contribution in [0.1, 0.15) is 51.2 Å². The zero-order valence-corrected chi connectivity index (χ0v) is 14.4. The summed E-state index contributed by atoms with van der Waals surface area (Å²) >= 11 is 0. The Morgan fingerprint density at radius 2 is 1.96 bits per heavy atom. The standard InChI is InChI=1S/C18H21F3N2O2/c1-16(2)7-4-8-17(3,14(16)24)15(25)23-12-6-5-11(10-22)13(9-12)18(19,20)21/h5-6,9,14,24H,4,7-8H2,1-3H3,(H,23,25). The number of benzene rings is 1. The van der Waals surface area contributed by atoms with Crippen molar-refractivity contribution in [2.75, 3.05) is 5.32 Å². The molecule has 1 aromatic rings. The zero-order chi connectivity index (χ0) is 19.0. The lowest BCUT2D eigenvalue weighted by molar-refractivity contribution is -0.144. The number of carbonyl (C=O) groups is 1. The molecule has 7 heteroatoms. The number of anilines is 1. The highest BCUT2D eigenvalue weighted by Crippen LogP contribution is 2.47. The van der Waals surface area contributed by atoms with Gasteiger partial charge >= 0.3 is 6.18 Å². The van der Waals surface area contributed by atoms with Gasteiger partial charge in [-0.3, -0.25) is 4.79 Å². The molecule has 25 heavy (non-hydrogen) atoms. The second-order valence-electron chi connectivity index (χ2n) is 7.49. The lowest BCUT2D eigenvalue weighted by atomic mass is 9.61. The van der Waals surface area contributed by atoms with E-state index in [0.29, 0.717) is 6.42 Å². The number of nitrogens with zero attached hydrogens (tertiary/aromatic N) is 1. The highest BCUT2D eigenvalue weighted by molar-refractivity contribution is 5.95. The maximum absolute atomic E-state index is 13.0. The smallest absolute Gasteiger partial charge is 0.391 e. The van der Waals surface area contributed by atoms with E-state index in [1.807, 2.05) is 13.8 Å². The number of hydrogen-bond donors (Lipinski definition) is 2. The van der Waals surface area contributed by atoms with E-state index in [2.05, 4.69) is 5.32 Å². The predicted molar refractivity (Wildman–Crippen MR) is 86.5 cm³/mol. The van der Waals surface area contributed by atoms with Crippen LogP contribution in [0.4, 0.5) is 18.9 Å². The third-order valence-corrected chi connectivity index (χ3v) is 5.08. The summed E-state index contributed by atoms with van der Waals surface area (Å²) in [4.78, 5) is 12.7. The summed E-state index contributed by atoms with van der Waals surface area (Å²) in [5.41, 5.74) is -3.19. The number of alkyl halides is 3. The first-order valence-corrected chi connectivity index (χ1v) is 8.03. The number of halogens is 3. The van der Waals surface area contributed by atoms with E-state index in [1.165, 1.54) is 12.1 Å². The molecule has 0 aliphatic heterocycles. The van der Waals surface area contributed by atoms with E-state index in [1.54, 1.807) is 6.92 Å². The van der Waals surface area contributed by atoms with Gasteiger partial charge in [-0.1, -0.05) is 20.3 Å². The molecule has 0 saturated heterocycles. The minimum absolute atomic E-state index is 0.0480. The fourth-order valence-electron chi connectivity index (χ4n) is 3.51. The van der Waals surface area contributed by atoms with E-state index in [9.17, 15) is 23.1 Å². The van der Waals surface area contributed by atoms with Crippen LogP contribution in [0.15, 0.2) is 18.2 Å². The van der Waals surface area contributed by atoms with Crippen LogP contribution in [0.2, 0.25) is 0 Å². The summed E-state index contributed by atoms with van der Waals surface area (Å²) in [5, 5.41) is 21.9. The summed E-state index contributed by atoms with van der Waals surface area (Å²) in [6.45, 7) is 5.36. The fraction of sp³-hybridized carbons (Fsp3) is 0.556. The maximum Gasteiger partial charge on any atom is 0.417 e. The van der Waals surface area contributed by atoms with Gasteiger partial charge in [-0.15, -0.1) is 0 Å². The molecule has 0 bridgehead atoms. The quantitative estimate of drug-likeness (QED) is 0.840. The van der Waals surface area contributed by atoms with Gasteiger partial charge in [0.05, 0.1) is 28.7 Å². The highest BCUT2D eigenvalue weighted by Gasteiger charge is 2.50. The molecule has 2 atom stereocenters. The van der Waals surface area contributed by atoms with E-state index < -0.39 is 40.1 Å². The topological polar surface area (TPSA) is 73.1 Å². The minimum Gasteiger partial charge on any atom is -0.391 e. The molecule has 2 rings (SSSR count). The first kappa shape index (κ1) is 19.3. The third kappa shape index (κ3) is 3.64. The highest BCUT2D eigenvalue weighted by atomic mass is 19.4. The molecule has 2 N–H and O–H groups in total. The average Bonchev–Trinajstić information content (AvgIpc) is 2.51. The van der Waals surface area contributed by atoms with Crippen molar-refractivity contribution in [2.45, 2.75) is 52.3 Å². The average molecular weight is 354 g/mol. The van der Waals surface area contributed by atoms with Gasteiger partial charge in [-0.2, -0.15) is 18.4 Å². The molecule has 1 fully saturated rings. The zero-order valence-electron chi connectivity index (χ0n) is 14.4. The van der Waals surface area contributed by atoms with Crippen molar-refractivity contribution in [1.82, 2.24) is 0 Å². The Labute approximate surface area is 144 Å².